The van der Waals surface area contributed by atoms with Crippen molar-refractivity contribution in [3.63, 3.8) is 0 Å². The average Bonchev–Trinajstić information content (AvgIpc) is 3.55. The van der Waals surface area contributed by atoms with Crippen LogP contribution in [0, 0.1) is 6.07 Å². The summed E-state index contributed by atoms with van der Waals surface area (Å²) in [5, 5.41) is 14.8. The molecule has 1 radical (unpaired) electrons. The molecule has 0 amide bonds. The van der Waals surface area contributed by atoms with Crippen LogP contribution in [0.15, 0.2) is 88.8 Å². The first kappa shape index (κ1) is 34.2. The fourth-order valence-electron chi connectivity index (χ4n) is 3.83. The molecule has 40 heavy (non-hydrogen) atoms. The van der Waals surface area contributed by atoms with E-state index in [-0.39, 0.29) is 37.0 Å². The van der Waals surface area contributed by atoms with Crippen LogP contribution in [-0.2, 0) is 51.4 Å². The molecule has 9 nitrogen and oxygen atoms in total. The van der Waals surface area contributed by atoms with E-state index in [1.807, 2.05) is 30.3 Å². The normalized spacial score (nSPS) is 16.4. The van der Waals surface area contributed by atoms with Crippen LogP contribution < -0.4 is 0 Å². The molecule has 0 aromatic heterocycles. The maximum absolute atomic E-state index is 9.00. The van der Waals surface area contributed by atoms with Crippen molar-refractivity contribution in [2.75, 3.05) is 13.2 Å². The third kappa shape index (κ3) is 11.9. The first-order chi connectivity index (χ1) is 18.3. The SMILES string of the molecule is CC(=O)O.CC(=O)O.O.[Rh].[c-]1c(C2=N[C@@H](Cc3ccccc3)CO2)cccc1C1=N[C@@H](Cc2ccccc2)CO1. The fraction of sp³-hybridized carbons (Fsp3) is 0.267. The number of rotatable bonds is 6. The zero-order valence-corrected chi connectivity index (χ0v) is 23.9. The van der Waals surface area contributed by atoms with E-state index < -0.39 is 11.9 Å². The Labute approximate surface area is 246 Å². The maximum Gasteiger partial charge on any atom is 0.300 e. The summed E-state index contributed by atoms with van der Waals surface area (Å²) in [4.78, 5) is 27.5. The Bertz CT molecular complexity index is 1160. The van der Waals surface area contributed by atoms with Gasteiger partial charge in [0.1, 0.15) is 25.0 Å². The van der Waals surface area contributed by atoms with Gasteiger partial charge in [-0.05, 0) is 24.0 Å². The molecule has 5 rings (SSSR count). The van der Waals surface area contributed by atoms with Gasteiger partial charge in [-0.3, -0.25) is 19.6 Å². The molecule has 10 heteroatoms. The standard InChI is InChI=1S/C26H23N2O2.2C2H4O2.H2O.Rh/c1-3-8-19(9-4-1)14-23-17-29-25(27-23)21-12-7-13-22(16-21)26-28-24(18-30-26)15-20-10-5-2-6-11-20;2*1-2(3)4;;/h1-13,23-24H,14-15,17-18H2;2*1H3,(H,3,4);1H2;/q-1;;;;/t23-,24-;;;;/m0..../s1. The number of hydrogen-bond acceptors (Lipinski definition) is 6. The van der Waals surface area contributed by atoms with Crippen LogP contribution in [0.5, 0.6) is 0 Å². The average molecular weight is 637 g/mol. The summed E-state index contributed by atoms with van der Waals surface area (Å²) in [6.07, 6.45) is 1.75. The number of benzene rings is 3. The molecule has 215 valence electrons. The first-order valence-electron chi connectivity index (χ1n) is 12.2. The van der Waals surface area contributed by atoms with Gasteiger partial charge < -0.3 is 25.2 Å². The van der Waals surface area contributed by atoms with Crippen LogP contribution in [0.1, 0.15) is 36.1 Å². The van der Waals surface area contributed by atoms with E-state index in [0.717, 1.165) is 37.8 Å². The van der Waals surface area contributed by atoms with E-state index in [9.17, 15) is 0 Å². The molecule has 0 spiro atoms. The topological polar surface area (TPSA) is 149 Å². The number of ether oxygens (including phenoxy) is 2. The number of nitrogens with zero attached hydrogens (tertiary/aromatic N) is 2. The van der Waals surface area contributed by atoms with E-state index in [0.29, 0.717) is 25.0 Å². The van der Waals surface area contributed by atoms with Crippen molar-refractivity contribution in [3.05, 3.63) is 107 Å². The number of carboxylic acid groups (broad SMARTS) is 2. The molecule has 4 N–H and O–H groups in total. The van der Waals surface area contributed by atoms with E-state index in [2.05, 4.69) is 54.6 Å². The molecule has 0 aliphatic carbocycles. The van der Waals surface area contributed by atoms with Gasteiger partial charge in [-0.25, -0.2) is 0 Å². The van der Waals surface area contributed by atoms with Gasteiger partial charge in [0.2, 0.25) is 0 Å². The van der Waals surface area contributed by atoms with Crippen LogP contribution >= 0.6 is 0 Å². The number of hydrogen-bond donors (Lipinski definition) is 2. The molecule has 0 bridgehead atoms. The van der Waals surface area contributed by atoms with E-state index >= 15 is 0 Å². The maximum atomic E-state index is 9.00. The summed E-state index contributed by atoms with van der Waals surface area (Å²) in [5.74, 6) is -0.366. The predicted octanol–water partition coefficient (Wildman–Crippen LogP) is 3.62. The second-order valence-corrected chi connectivity index (χ2v) is 8.69. The van der Waals surface area contributed by atoms with E-state index in [1.165, 1.54) is 11.1 Å². The molecule has 2 aliphatic rings. The Morgan fingerprint density at radius 3 is 1.43 bits per heavy atom. The summed E-state index contributed by atoms with van der Waals surface area (Å²) < 4.78 is 11.8. The summed E-state index contributed by atoms with van der Waals surface area (Å²) in [5.41, 5.74) is 4.24. The van der Waals surface area contributed by atoms with Gasteiger partial charge in [-0.1, -0.05) is 71.8 Å². The Hall–Kier alpha value is -3.88. The summed E-state index contributed by atoms with van der Waals surface area (Å²) in [6, 6.07) is 30.4. The third-order valence-corrected chi connectivity index (χ3v) is 5.31. The van der Waals surface area contributed by atoms with Gasteiger partial charge in [-0.15, -0.1) is 24.3 Å². The largest absolute Gasteiger partial charge is 0.510 e. The molecule has 2 aliphatic heterocycles. The van der Waals surface area contributed by atoms with Gasteiger partial charge >= 0.3 is 0 Å². The number of aliphatic carboxylic acids is 2. The minimum Gasteiger partial charge on any atom is -0.510 e. The van der Waals surface area contributed by atoms with Gasteiger partial charge in [0, 0.05) is 33.3 Å². The monoisotopic (exact) mass is 636 g/mol. The van der Waals surface area contributed by atoms with Crippen molar-refractivity contribution in [2.45, 2.75) is 38.8 Å². The van der Waals surface area contributed by atoms with Crippen LogP contribution in [0.3, 0.4) is 0 Å². The van der Waals surface area contributed by atoms with Crippen LogP contribution in [-0.4, -0.2) is 64.7 Å². The molecule has 0 unspecified atom stereocenters. The molecule has 2 heterocycles. The second-order valence-electron chi connectivity index (χ2n) is 8.69. The van der Waals surface area contributed by atoms with Gasteiger partial charge in [-0.2, -0.15) is 0 Å². The Morgan fingerprint density at radius 2 is 1.07 bits per heavy atom. The number of carboxylic acids is 2. The Morgan fingerprint density at radius 1 is 0.725 bits per heavy atom. The van der Waals surface area contributed by atoms with Crippen molar-refractivity contribution in [2.24, 2.45) is 9.98 Å². The summed E-state index contributed by atoms with van der Waals surface area (Å²) in [6.45, 7) is 3.36. The van der Waals surface area contributed by atoms with E-state index in [4.69, 9.17) is 39.3 Å². The van der Waals surface area contributed by atoms with Crippen LogP contribution in [0.25, 0.3) is 0 Å². The van der Waals surface area contributed by atoms with Gasteiger partial charge in [0.25, 0.3) is 11.9 Å². The van der Waals surface area contributed by atoms with Crippen molar-refractivity contribution < 1.29 is 54.2 Å². The molecule has 0 saturated heterocycles. The Balaban J connectivity index is 0.000000713. The number of aliphatic imine (C=N–C) groups is 2. The van der Waals surface area contributed by atoms with Crippen molar-refractivity contribution in [1.82, 2.24) is 0 Å². The molecule has 0 fully saturated rings. The smallest absolute Gasteiger partial charge is 0.300 e. The fourth-order valence-corrected chi connectivity index (χ4v) is 3.83. The molecule has 2 atom stereocenters. The predicted molar refractivity (Wildman–Crippen MR) is 148 cm³/mol. The van der Waals surface area contributed by atoms with Gasteiger partial charge in [0.05, 0.1) is 12.1 Å². The van der Waals surface area contributed by atoms with Crippen molar-refractivity contribution in [3.8, 4) is 0 Å². The molecular formula is C30H33N2O7Rh-. The third-order valence-electron chi connectivity index (χ3n) is 5.31. The zero-order chi connectivity index (χ0) is 27.3. The minimum atomic E-state index is -0.833. The molecular weight excluding hydrogens is 603 g/mol. The summed E-state index contributed by atoms with van der Waals surface area (Å²) in [7, 11) is 0. The first-order valence-corrected chi connectivity index (χ1v) is 12.2. The second kappa shape index (κ2) is 17.7. The Kier molecular flexibility index (Phi) is 15.1. The van der Waals surface area contributed by atoms with Crippen molar-refractivity contribution in [1.29, 1.82) is 0 Å². The van der Waals surface area contributed by atoms with Gasteiger partial charge in [0.15, 0.2) is 0 Å². The minimum absolute atomic E-state index is 0. The van der Waals surface area contributed by atoms with Crippen LogP contribution in [0.2, 0.25) is 0 Å². The van der Waals surface area contributed by atoms with Crippen molar-refractivity contribution >= 4 is 23.7 Å². The zero-order valence-electron chi connectivity index (χ0n) is 22.2. The molecule has 3 aromatic rings. The molecule has 0 saturated carbocycles. The quantitative estimate of drug-likeness (QED) is 0.312. The van der Waals surface area contributed by atoms with Crippen LogP contribution in [0.4, 0.5) is 0 Å². The summed E-state index contributed by atoms with van der Waals surface area (Å²) >= 11 is 0. The molecule has 3 aromatic carbocycles. The van der Waals surface area contributed by atoms with E-state index in [1.54, 1.807) is 0 Å². The number of carbonyl (C=O) groups is 2.